The van der Waals surface area contributed by atoms with Crippen molar-refractivity contribution < 1.29 is 0 Å². The van der Waals surface area contributed by atoms with Crippen LogP contribution in [0.5, 0.6) is 0 Å². The molecular weight excluding hydrogens is 312 g/mol. The summed E-state index contributed by atoms with van der Waals surface area (Å²) in [4.78, 5) is 4.45. The maximum Gasteiger partial charge on any atom is 0.0422 e. The van der Waals surface area contributed by atoms with Gasteiger partial charge in [0.25, 0.3) is 0 Å². The van der Waals surface area contributed by atoms with Crippen LogP contribution in [0.2, 0.25) is 0 Å². The van der Waals surface area contributed by atoms with Gasteiger partial charge in [0.1, 0.15) is 0 Å². The molecule has 0 bridgehead atoms. The minimum absolute atomic E-state index is 0.318. The molecule has 0 saturated carbocycles. The average Bonchev–Trinajstić information content (AvgIpc) is 2.45. The van der Waals surface area contributed by atoms with Crippen LogP contribution in [0.1, 0.15) is 36.2 Å². The second-order valence-electron chi connectivity index (χ2n) is 5.03. The van der Waals surface area contributed by atoms with Crippen LogP contribution in [0.25, 0.3) is 0 Å². The number of halogens is 1. The highest BCUT2D eigenvalue weighted by molar-refractivity contribution is 9.10. The van der Waals surface area contributed by atoms with E-state index in [0.29, 0.717) is 6.04 Å². The molecule has 1 atom stereocenters. The Hall–Kier alpha value is -1.19. The van der Waals surface area contributed by atoms with Crippen LogP contribution in [0.15, 0.2) is 47.1 Å². The van der Waals surface area contributed by atoms with E-state index in [9.17, 15) is 0 Å². The monoisotopic (exact) mass is 332 g/mol. The molecule has 1 unspecified atom stereocenters. The van der Waals surface area contributed by atoms with Gasteiger partial charge >= 0.3 is 0 Å². The second-order valence-corrected chi connectivity index (χ2v) is 5.95. The van der Waals surface area contributed by atoms with Gasteiger partial charge in [-0.1, -0.05) is 35.0 Å². The molecule has 0 amide bonds. The Morgan fingerprint density at radius 1 is 1.25 bits per heavy atom. The van der Waals surface area contributed by atoms with E-state index in [1.807, 2.05) is 18.3 Å². The van der Waals surface area contributed by atoms with Crippen LogP contribution in [-0.2, 0) is 6.42 Å². The van der Waals surface area contributed by atoms with E-state index < -0.39 is 0 Å². The third-order valence-corrected chi connectivity index (χ3v) is 3.88. The van der Waals surface area contributed by atoms with Crippen LogP contribution in [0.3, 0.4) is 0 Å². The molecule has 20 heavy (non-hydrogen) atoms. The van der Waals surface area contributed by atoms with E-state index >= 15 is 0 Å². The molecule has 2 nitrogen and oxygen atoms in total. The third kappa shape index (κ3) is 4.15. The van der Waals surface area contributed by atoms with E-state index in [0.717, 1.165) is 29.6 Å². The fourth-order valence-corrected chi connectivity index (χ4v) is 2.84. The van der Waals surface area contributed by atoms with Crippen molar-refractivity contribution in [3.05, 3.63) is 63.9 Å². The number of nitrogens with zero attached hydrogens (tertiary/aromatic N) is 1. The van der Waals surface area contributed by atoms with Gasteiger partial charge in [0, 0.05) is 28.8 Å². The standard InChI is InChI=1S/C17H21BrN2/c1-3-9-20-17(12-15-6-4-5-10-19-15)16-8-7-14(18)11-13(16)2/h4-8,10-11,17,20H,3,9,12H2,1-2H3. The lowest BCUT2D eigenvalue weighted by Gasteiger charge is -2.21. The predicted molar refractivity (Wildman–Crippen MR) is 87.9 cm³/mol. The molecule has 0 aliphatic carbocycles. The van der Waals surface area contributed by atoms with Crippen molar-refractivity contribution in [1.82, 2.24) is 10.3 Å². The Bertz CT molecular complexity index is 540. The molecule has 106 valence electrons. The van der Waals surface area contributed by atoms with Gasteiger partial charge in [-0.3, -0.25) is 4.98 Å². The van der Waals surface area contributed by atoms with Gasteiger partial charge in [-0.15, -0.1) is 0 Å². The summed E-state index contributed by atoms with van der Waals surface area (Å²) in [5.41, 5.74) is 3.79. The minimum atomic E-state index is 0.318. The number of benzene rings is 1. The smallest absolute Gasteiger partial charge is 0.0422 e. The van der Waals surface area contributed by atoms with E-state index in [1.165, 1.54) is 11.1 Å². The van der Waals surface area contributed by atoms with Gasteiger partial charge in [0.15, 0.2) is 0 Å². The number of aromatic nitrogens is 1. The van der Waals surface area contributed by atoms with Crippen molar-refractivity contribution in [3.8, 4) is 0 Å². The van der Waals surface area contributed by atoms with Crippen LogP contribution >= 0.6 is 15.9 Å². The second kappa shape index (κ2) is 7.55. The summed E-state index contributed by atoms with van der Waals surface area (Å²) in [6.07, 6.45) is 3.91. The molecule has 0 aliphatic rings. The number of pyridine rings is 1. The highest BCUT2D eigenvalue weighted by Gasteiger charge is 2.14. The summed E-state index contributed by atoms with van der Waals surface area (Å²) < 4.78 is 1.13. The summed E-state index contributed by atoms with van der Waals surface area (Å²) in [6, 6.07) is 12.9. The first-order chi connectivity index (χ1) is 9.70. The number of hydrogen-bond donors (Lipinski definition) is 1. The van der Waals surface area contributed by atoms with E-state index in [2.05, 4.69) is 64.3 Å². The first-order valence-corrected chi connectivity index (χ1v) is 7.89. The van der Waals surface area contributed by atoms with Crippen LogP contribution < -0.4 is 5.32 Å². The third-order valence-electron chi connectivity index (χ3n) is 3.39. The Kier molecular flexibility index (Phi) is 5.74. The summed E-state index contributed by atoms with van der Waals surface area (Å²) >= 11 is 3.53. The molecule has 0 saturated heterocycles. The summed E-state index contributed by atoms with van der Waals surface area (Å²) in [6.45, 7) is 5.38. The van der Waals surface area contributed by atoms with E-state index in [-0.39, 0.29) is 0 Å². The lowest BCUT2D eigenvalue weighted by molar-refractivity contribution is 0.522. The van der Waals surface area contributed by atoms with Crippen molar-refractivity contribution in [2.45, 2.75) is 32.7 Å². The van der Waals surface area contributed by atoms with Gasteiger partial charge < -0.3 is 5.32 Å². The summed E-state index contributed by atoms with van der Waals surface area (Å²) in [5, 5.41) is 3.64. The SMILES string of the molecule is CCCNC(Cc1ccccn1)c1ccc(Br)cc1C. The van der Waals surface area contributed by atoms with Gasteiger partial charge in [-0.05, 0) is 55.3 Å². The molecule has 2 aromatic rings. The maximum atomic E-state index is 4.45. The number of aryl methyl sites for hydroxylation is 1. The average molecular weight is 333 g/mol. The molecule has 1 N–H and O–H groups in total. The Labute approximate surface area is 129 Å². The number of rotatable bonds is 6. The zero-order valence-electron chi connectivity index (χ0n) is 12.1. The molecule has 1 aromatic heterocycles. The van der Waals surface area contributed by atoms with Crippen LogP contribution in [0, 0.1) is 6.92 Å². The molecule has 3 heteroatoms. The van der Waals surface area contributed by atoms with Crippen molar-refractivity contribution in [2.75, 3.05) is 6.54 Å². The van der Waals surface area contributed by atoms with Crippen molar-refractivity contribution >= 4 is 15.9 Å². The van der Waals surface area contributed by atoms with Gasteiger partial charge in [0.2, 0.25) is 0 Å². The highest BCUT2D eigenvalue weighted by atomic mass is 79.9. The zero-order valence-corrected chi connectivity index (χ0v) is 13.7. The largest absolute Gasteiger partial charge is 0.310 e. The quantitative estimate of drug-likeness (QED) is 0.846. The molecule has 0 fully saturated rings. The van der Waals surface area contributed by atoms with Gasteiger partial charge in [0.05, 0.1) is 0 Å². The van der Waals surface area contributed by atoms with Crippen molar-refractivity contribution in [2.24, 2.45) is 0 Å². The Morgan fingerprint density at radius 3 is 2.75 bits per heavy atom. The lowest BCUT2D eigenvalue weighted by Crippen LogP contribution is -2.25. The van der Waals surface area contributed by atoms with Crippen LogP contribution in [0.4, 0.5) is 0 Å². The Balaban J connectivity index is 2.22. The zero-order chi connectivity index (χ0) is 14.4. The van der Waals surface area contributed by atoms with E-state index in [1.54, 1.807) is 0 Å². The molecule has 1 aromatic carbocycles. The number of nitrogens with one attached hydrogen (secondary N) is 1. The molecular formula is C17H21BrN2. The minimum Gasteiger partial charge on any atom is -0.310 e. The van der Waals surface area contributed by atoms with Crippen molar-refractivity contribution in [3.63, 3.8) is 0 Å². The van der Waals surface area contributed by atoms with Crippen molar-refractivity contribution in [1.29, 1.82) is 0 Å². The Morgan fingerprint density at radius 2 is 2.10 bits per heavy atom. The fourth-order valence-electron chi connectivity index (χ4n) is 2.37. The molecule has 2 rings (SSSR count). The van der Waals surface area contributed by atoms with E-state index in [4.69, 9.17) is 0 Å². The van der Waals surface area contributed by atoms with Gasteiger partial charge in [-0.2, -0.15) is 0 Å². The van der Waals surface area contributed by atoms with Gasteiger partial charge in [-0.25, -0.2) is 0 Å². The summed E-state index contributed by atoms with van der Waals surface area (Å²) in [5.74, 6) is 0. The molecule has 0 radical (unpaired) electrons. The topological polar surface area (TPSA) is 24.9 Å². The summed E-state index contributed by atoms with van der Waals surface area (Å²) in [7, 11) is 0. The predicted octanol–water partition coefficient (Wildman–Crippen LogP) is 4.44. The lowest BCUT2D eigenvalue weighted by atomic mass is 9.97. The highest BCUT2D eigenvalue weighted by Crippen LogP contribution is 2.24. The first kappa shape index (κ1) is 15.2. The van der Waals surface area contributed by atoms with Crippen LogP contribution in [-0.4, -0.2) is 11.5 Å². The number of hydrogen-bond acceptors (Lipinski definition) is 2. The molecule has 0 aliphatic heterocycles. The molecule has 1 heterocycles. The first-order valence-electron chi connectivity index (χ1n) is 7.10. The fraction of sp³-hybridized carbons (Fsp3) is 0.353. The molecule has 0 spiro atoms. The normalized spacial score (nSPS) is 12.3. The maximum absolute atomic E-state index is 4.45.